The molecule has 2 aromatic heterocycles. The number of nitrogens with one attached hydrogen (secondary N) is 2. The van der Waals surface area contributed by atoms with Crippen LogP contribution < -0.4 is 20.3 Å². The van der Waals surface area contributed by atoms with Gasteiger partial charge in [-0.3, -0.25) is 4.79 Å². The molecule has 3 N–H and O–H groups in total. The molecule has 10 heteroatoms. The number of nitrogens with zero attached hydrogens (tertiary/aromatic N) is 2. The number of anilines is 3. The summed E-state index contributed by atoms with van der Waals surface area (Å²) in [7, 11) is 1.59. The molecule has 0 radical (unpaired) electrons. The first-order chi connectivity index (χ1) is 14.9. The van der Waals surface area contributed by atoms with Crippen LogP contribution in [0.15, 0.2) is 30.2 Å². The molecular formula is C21H25BN4O5. The van der Waals surface area contributed by atoms with Crippen molar-refractivity contribution < 1.29 is 24.2 Å². The molecule has 3 rings (SSSR count). The summed E-state index contributed by atoms with van der Waals surface area (Å²) in [6.07, 6.45) is 0.0939. The molecule has 162 valence electrons. The number of hydrogen-bond acceptors (Lipinski definition) is 7. The molecule has 2 aromatic rings. The Hall–Kier alpha value is -3.43. The van der Waals surface area contributed by atoms with Crippen molar-refractivity contribution in [3.05, 3.63) is 35.8 Å². The van der Waals surface area contributed by atoms with E-state index in [0.29, 0.717) is 43.3 Å². The van der Waals surface area contributed by atoms with Gasteiger partial charge in [0.1, 0.15) is 0 Å². The second-order valence-corrected chi connectivity index (χ2v) is 7.24. The van der Waals surface area contributed by atoms with Gasteiger partial charge >= 0.3 is 171 Å². The number of pyridine rings is 1. The Labute approximate surface area is 181 Å². The van der Waals surface area contributed by atoms with Crippen LogP contribution in [0.5, 0.6) is 5.75 Å². The van der Waals surface area contributed by atoms with E-state index in [1.807, 2.05) is 11.8 Å². The molecule has 1 amide bonds. The Kier molecular flexibility index (Phi) is 7.22. The van der Waals surface area contributed by atoms with Crippen molar-refractivity contribution in [3.63, 3.8) is 0 Å². The van der Waals surface area contributed by atoms with Crippen molar-refractivity contribution in [1.29, 1.82) is 0 Å². The summed E-state index contributed by atoms with van der Waals surface area (Å²) >= 11 is 0. The van der Waals surface area contributed by atoms with Crippen LogP contribution in [0, 0.1) is 5.92 Å². The Bertz CT molecular complexity index is 967. The molecule has 1 atom stereocenters. The zero-order valence-corrected chi connectivity index (χ0v) is 17.6. The third-order valence-corrected chi connectivity index (χ3v) is 5.08. The average Bonchev–Trinajstić information content (AvgIpc) is 3.24. The first kappa shape index (κ1) is 22.3. The second-order valence-electron chi connectivity index (χ2n) is 7.24. The molecule has 3 heterocycles. The number of amides is 1. The molecule has 1 fully saturated rings. The summed E-state index contributed by atoms with van der Waals surface area (Å²) in [6.45, 7) is 5.36. The standard InChI is InChI=1S/C21H25BN4O5/c1-3-23-20-15(16(27)10-19(28)29)5-7-18(25-20)26-9-8-13(12-26)21(30)24-17-6-4-14(31-2)11-22-17/h4-7,11,13H,3,8-10,12H2,1-2H3,(H,23,25)(H,24,30)(H,28,29). The molecule has 31 heavy (non-hydrogen) atoms. The van der Waals surface area contributed by atoms with Crippen molar-refractivity contribution >= 4 is 41.8 Å². The minimum Gasteiger partial charge on any atom is -0.481 e. The van der Waals surface area contributed by atoms with Gasteiger partial charge in [0.25, 0.3) is 0 Å². The molecule has 9 nitrogen and oxygen atoms in total. The van der Waals surface area contributed by atoms with Crippen LogP contribution in [-0.4, -0.2) is 61.4 Å². The molecular weight excluding hydrogens is 399 g/mol. The van der Waals surface area contributed by atoms with Crippen LogP contribution in [0.1, 0.15) is 30.1 Å². The van der Waals surface area contributed by atoms with E-state index in [9.17, 15) is 14.4 Å². The molecule has 0 saturated carbocycles. The maximum atomic E-state index is 12.7. The predicted octanol–water partition coefficient (Wildman–Crippen LogP) is 1.98. The Morgan fingerprint density at radius 3 is 2.74 bits per heavy atom. The van der Waals surface area contributed by atoms with Gasteiger partial charge in [-0.1, -0.05) is 0 Å². The average molecular weight is 424 g/mol. The molecule has 1 saturated heterocycles. The number of aliphatic carboxylic acids is 1. The van der Waals surface area contributed by atoms with E-state index < -0.39 is 18.2 Å². The first-order valence-corrected chi connectivity index (χ1v) is 10.1. The van der Waals surface area contributed by atoms with Gasteiger partial charge in [0.15, 0.2) is 0 Å². The van der Waals surface area contributed by atoms with E-state index in [0.717, 1.165) is 5.75 Å². The van der Waals surface area contributed by atoms with Crippen LogP contribution in [0.4, 0.5) is 17.2 Å². The smallest absolute Gasteiger partial charge is 0.481 e. The number of methoxy groups -OCH3 is 1. The van der Waals surface area contributed by atoms with Crippen LogP contribution in [0.2, 0.25) is 0 Å². The monoisotopic (exact) mass is 424 g/mol. The third-order valence-electron chi connectivity index (χ3n) is 5.08. The summed E-state index contributed by atoms with van der Waals surface area (Å²) in [5.41, 5.74) is 0.957. The Balaban J connectivity index is 1.68. The number of carbonyl (C=O) groups is 3. The predicted molar refractivity (Wildman–Crippen MR) is 118 cm³/mol. The van der Waals surface area contributed by atoms with Gasteiger partial charge in [0, 0.05) is 0 Å². The van der Waals surface area contributed by atoms with Crippen molar-refractivity contribution in [3.8, 4) is 5.75 Å². The van der Waals surface area contributed by atoms with Crippen LogP contribution in [0.25, 0.3) is 0 Å². The molecule has 0 aliphatic carbocycles. The summed E-state index contributed by atoms with van der Waals surface area (Å²) in [5.74, 6) is 1.57. The molecule has 1 aliphatic rings. The van der Waals surface area contributed by atoms with Crippen LogP contribution >= 0.6 is 0 Å². The van der Waals surface area contributed by atoms with Crippen LogP contribution in [-0.2, 0) is 9.59 Å². The first-order valence-electron chi connectivity index (χ1n) is 10.1. The van der Waals surface area contributed by atoms with Gasteiger partial charge in [-0.05, 0) is 0 Å². The van der Waals surface area contributed by atoms with E-state index in [1.54, 1.807) is 44.2 Å². The van der Waals surface area contributed by atoms with Gasteiger partial charge < -0.3 is 5.11 Å². The summed E-state index contributed by atoms with van der Waals surface area (Å²) in [5, 5.41) is 14.8. The zero-order valence-electron chi connectivity index (χ0n) is 17.6. The van der Waals surface area contributed by atoms with E-state index in [-0.39, 0.29) is 17.4 Å². The number of carboxylic acids is 1. The van der Waals surface area contributed by atoms with Crippen molar-refractivity contribution in [2.24, 2.45) is 5.92 Å². The maximum absolute atomic E-state index is 12.7. The third kappa shape index (κ3) is 5.59. The number of ether oxygens (including phenoxy) is 1. The van der Waals surface area contributed by atoms with E-state index >= 15 is 0 Å². The quantitative estimate of drug-likeness (QED) is 0.413. The molecule has 0 spiro atoms. The van der Waals surface area contributed by atoms with E-state index in [1.165, 1.54) is 0 Å². The molecule has 1 unspecified atom stereocenters. The number of rotatable bonds is 9. The fourth-order valence-corrected chi connectivity index (χ4v) is 3.49. The number of Topliss-reactive ketones (excluding diaryl/α,β-unsaturated/α-hetero) is 1. The van der Waals surface area contributed by atoms with Gasteiger partial charge in [-0.15, -0.1) is 0 Å². The zero-order chi connectivity index (χ0) is 22.4. The molecule has 0 aromatic carbocycles. The number of ketones is 1. The topological polar surface area (TPSA) is 121 Å². The fourth-order valence-electron chi connectivity index (χ4n) is 3.49. The van der Waals surface area contributed by atoms with E-state index in [4.69, 9.17) is 9.84 Å². The van der Waals surface area contributed by atoms with Crippen molar-refractivity contribution in [1.82, 2.24) is 4.98 Å². The summed E-state index contributed by atoms with van der Waals surface area (Å²) < 4.78 is 5.12. The van der Waals surface area contributed by atoms with Crippen LogP contribution in [0.3, 0.4) is 0 Å². The minimum absolute atomic E-state index is 0.0622. The molecule has 0 bridgehead atoms. The van der Waals surface area contributed by atoms with Gasteiger partial charge in [-0.25, -0.2) is 0 Å². The fraction of sp³-hybridized carbons (Fsp3) is 0.381. The number of carboxylic acid groups (broad SMARTS) is 1. The van der Waals surface area contributed by atoms with Gasteiger partial charge in [0.2, 0.25) is 0 Å². The van der Waals surface area contributed by atoms with Gasteiger partial charge in [0.05, 0.1) is 0 Å². The number of hydrogen-bond donors (Lipinski definition) is 3. The van der Waals surface area contributed by atoms with Crippen molar-refractivity contribution in [2.75, 3.05) is 42.3 Å². The summed E-state index contributed by atoms with van der Waals surface area (Å²) in [4.78, 5) is 42.3. The second kappa shape index (κ2) is 10.1. The number of aromatic nitrogens is 1. The van der Waals surface area contributed by atoms with Crippen molar-refractivity contribution in [2.45, 2.75) is 19.8 Å². The Morgan fingerprint density at radius 1 is 1.29 bits per heavy atom. The van der Waals surface area contributed by atoms with E-state index in [2.05, 4.69) is 15.6 Å². The number of carbonyl (C=O) groups excluding carboxylic acids is 2. The SMILES string of the molecule is CCNc1nc(N2CCC(C(=O)Nc3bcc(OC)cc3)C2)ccc1C(=O)CC(=O)O. The summed E-state index contributed by atoms with van der Waals surface area (Å²) in [6, 6.07) is 6.87. The van der Waals surface area contributed by atoms with Gasteiger partial charge in [-0.2, -0.15) is 0 Å². The normalized spacial score (nSPS) is 15.3. The minimum atomic E-state index is -1.18. The Morgan fingerprint density at radius 2 is 2.10 bits per heavy atom. The molecule has 1 aliphatic heterocycles.